The van der Waals surface area contributed by atoms with Crippen LogP contribution in [0.25, 0.3) is 16.8 Å². The Labute approximate surface area is 393 Å². The molecule has 0 radical (unpaired) electrons. The van der Waals surface area contributed by atoms with Crippen molar-refractivity contribution in [3.05, 3.63) is 118 Å². The summed E-state index contributed by atoms with van der Waals surface area (Å²) in [6.07, 6.45) is 6.92. The number of fused-ring (bicyclic) bond motifs is 4. The van der Waals surface area contributed by atoms with Gasteiger partial charge in [0.15, 0.2) is 16.8 Å². The number of imidazole rings is 1. The Hall–Kier alpha value is -6.79. The smallest absolute Gasteiger partial charge is 0.267 e. The first-order valence-corrected chi connectivity index (χ1v) is 24.3. The maximum atomic E-state index is 15.1. The van der Waals surface area contributed by atoms with Crippen molar-refractivity contribution in [2.45, 2.75) is 95.3 Å². The summed E-state index contributed by atoms with van der Waals surface area (Å²) in [5.41, 5.74) is 9.28. The maximum Gasteiger partial charge on any atom is 0.267 e. The molecule has 11 rings (SSSR count). The van der Waals surface area contributed by atoms with Crippen LogP contribution in [-0.2, 0) is 51.3 Å². The van der Waals surface area contributed by atoms with Crippen molar-refractivity contribution in [2.24, 2.45) is 0 Å². The molecule has 18 heteroatoms. The maximum absolute atomic E-state index is 15.1. The van der Waals surface area contributed by atoms with E-state index in [0.29, 0.717) is 47.8 Å². The van der Waals surface area contributed by atoms with E-state index in [0.717, 1.165) is 100 Å². The molecule has 0 bridgehead atoms. The van der Waals surface area contributed by atoms with Gasteiger partial charge in [-0.15, -0.1) is 0 Å². The minimum atomic E-state index is -2.70. The van der Waals surface area contributed by atoms with E-state index in [2.05, 4.69) is 30.1 Å². The molecule has 2 N–H and O–H groups in total. The lowest BCUT2D eigenvalue weighted by Gasteiger charge is -2.34. The second kappa shape index (κ2) is 17.4. The fourth-order valence-electron chi connectivity index (χ4n) is 10.7. The Morgan fingerprint density at radius 3 is 2.51 bits per heavy atom. The van der Waals surface area contributed by atoms with Crippen molar-refractivity contribution in [1.82, 2.24) is 38.6 Å². The van der Waals surface area contributed by atoms with Crippen molar-refractivity contribution in [1.29, 1.82) is 0 Å². The van der Waals surface area contributed by atoms with E-state index in [4.69, 9.17) is 5.10 Å². The van der Waals surface area contributed by atoms with Crippen LogP contribution in [0.3, 0.4) is 0 Å². The zero-order valence-electron chi connectivity index (χ0n) is 37.7. The molecule has 4 amide bonds. The Morgan fingerprint density at radius 2 is 1.75 bits per heavy atom. The number of imide groups is 1. The van der Waals surface area contributed by atoms with Crippen molar-refractivity contribution >= 4 is 63.1 Å². The Balaban J connectivity index is 0.799. The summed E-state index contributed by atoms with van der Waals surface area (Å²) in [7, 11) is -1.94. The monoisotopic (exact) mass is 940 g/mol. The summed E-state index contributed by atoms with van der Waals surface area (Å²) in [6.45, 7) is 7.58. The van der Waals surface area contributed by atoms with E-state index in [1.54, 1.807) is 37.4 Å². The molecule has 0 aliphatic carbocycles. The number of carbonyl (C=O) groups is 4. The van der Waals surface area contributed by atoms with E-state index in [9.17, 15) is 23.4 Å². The molecule has 15 nitrogen and oxygen atoms in total. The van der Waals surface area contributed by atoms with Gasteiger partial charge in [0.25, 0.3) is 18.2 Å². The molecule has 8 heterocycles. The number of halogens is 2. The highest BCUT2D eigenvalue weighted by molar-refractivity contribution is 7.84. The number of hydrogen-bond donors (Lipinski definition) is 2. The lowest BCUT2D eigenvalue weighted by molar-refractivity contribution is -0.135. The van der Waals surface area contributed by atoms with Crippen LogP contribution >= 0.6 is 0 Å². The van der Waals surface area contributed by atoms with Crippen molar-refractivity contribution in [3.63, 3.8) is 0 Å². The van der Waals surface area contributed by atoms with E-state index in [-0.39, 0.29) is 35.9 Å². The van der Waals surface area contributed by atoms with E-state index < -0.39 is 41.2 Å². The third-order valence-corrected chi connectivity index (χ3v) is 15.8. The molecule has 6 aromatic rings. The standard InChI is InChI=1S/C50H50F2N10O5S/c1-29-26-59-22-17-53-44(59)25-36(29)37-23-32-5-4-18-60(43(32)24-38(37)47(51)52)48-39-28-58(30(2)63)21-16-41(39)61(56-48)34-14-19-57(20-15-34)27-31-8-10-33(11-9-31)54-40-7-3-6-35-46(40)68(67)62(50(35)66)42-12-13-45(64)55-49(42)65/h3,6-11,17,22-26,34,42,47,54H,4-5,12-16,18-21,27-28H2,1-2H3,(H,55,64,65). The first-order chi connectivity index (χ1) is 32.9. The molecule has 2 saturated heterocycles. The third-order valence-electron chi connectivity index (χ3n) is 14.2. The van der Waals surface area contributed by atoms with Gasteiger partial charge in [-0.05, 0) is 109 Å². The summed E-state index contributed by atoms with van der Waals surface area (Å²) in [5, 5.41) is 10.9. The fraction of sp³-hybridized carbons (Fsp3) is 0.360. The molecule has 2 fully saturated rings. The first-order valence-electron chi connectivity index (χ1n) is 23.2. The summed E-state index contributed by atoms with van der Waals surface area (Å²) in [5.74, 6) is -0.801. The SMILES string of the molecule is CC(=O)N1CCc2c(c(N3CCCc4cc(-c5cc6nccn6cc5C)c(C(F)F)cc43)nn2C2CCN(Cc3ccc(Nc4cccc5c4S(=O)N(C4CCC(=O)NC4=O)C5=O)cc3)CC2)C1. The summed E-state index contributed by atoms with van der Waals surface area (Å²) < 4.78 is 49.1. The molecular formula is C50H50F2N10O5S. The number of nitrogens with one attached hydrogen (secondary N) is 2. The van der Waals surface area contributed by atoms with Crippen LogP contribution in [0.1, 0.15) is 95.4 Å². The number of piperidine rings is 2. The van der Waals surface area contributed by atoms with Gasteiger partial charge in [-0.1, -0.05) is 18.2 Å². The largest absolute Gasteiger partial charge is 0.354 e. The quantitative estimate of drug-likeness (QED) is 0.141. The Kier molecular flexibility index (Phi) is 11.2. The van der Waals surface area contributed by atoms with Crippen molar-refractivity contribution in [2.75, 3.05) is 36.4 Å². The third kappa shape index (κ3) is 7.72. The molecule has 0 spiro atoms. The Bertz CT molecular complexity index is 3070. The Morgan fingerprint density at radius 1 is 0.941 bits per heavy atom. The van der Waals surface area contributed by atoms with Crippen LogP contribution < -0.4 is 15.5 Å². The topological polar surface area (TPSA) is 157 Å². The number of alkyl halides is 2. The number of amides is 4. The number of aromatic nitrogens is 4. The highest BCUT2D eigenvalue weighted by Crippen LogP contribution is 2.45. The summed E-state index contributed by atoms with van der Waals surface area (Å²) in [6, 6.07) is 17.7. The molecule has 2 atom stereocenters. The van der Waals surface area contributed by atoms with Crippen LogP contribution in [0.15, 0.2) is 84.1 Å². The number of likely N-dealkylation sites (tertiary alicyclic amines) is 1. The van der Waals surface area contributed by atoms with Gasteiger partial charge in [-0.2, -0.15) is 5.10 Å². The van der Waals surface area contributed by atoms with Crippen LogP contribution in [0.5, 0.6) is 0 Å². The van der Waals surface area contributed by atoms with Gasteiger partial charge < -0.3 is 19.5 Å². The molecule has 2 unspecified atom stereocenters. The fourth-order valence-corrected chi connectivity index (χ4v) is 12.3. The number of pyridine rings is 1. The molecule has 3 aromatic carbocycles. The number of rotatable bonds is 9. The zero-order chi connectivity index (χ0) is 47.0. The zero-order valence-corrected chi connectivity index (χ0v) is 38.5. The molecule has 3 aromatic heterocycles. The van der Waals surface area contributed by atoms with Gasteiger partial charge in [-0.25, -0.2) is 22.3 Å². The predicted octanol–water partition coefficient (Wildman–Crippen LogP) is 7.30. The molecule has 350 valence electrons. The van der Waals surface area contributed by atoms with Gasteiger partial charge in [0.05, 0.1) is 28.7 Å². The second-order valence-corrected chi connectivity index (χ2v) is 19.7. The van der Waals surface area contributed by atoms with E-state index in [1.807, 2.05) is 65.0 Å². The minimum Gasteiger partial charge on any atom is -0.354 e. The van der Waals surface area contributed by atoms with E-state index >= 15 is 8.78 Å². The normalized spacial score (nSPS) is 20.0. The number of aryl methyl sites for hydroxylation is 2. The average molecular weight is 941 g/mol. The minimum absolute atomic E-state index is 0.00479. The molecule has 68 heavy (non-hydrogen) atoms. The number of anilines is 4. The average Bonchev–Trinajstić information content (AvgIpc) is 4.02. The summed E-state index contributed by atoms with van der Waals surface area (Å²) >= 11 is 0. The summed E-state index contributed by atoms with van der Waals surface area (Å²) in [4.78, 5) is 61.6. The van der Waals surface area contributed by atoms with E-state index in [1.165, 1.54) is 0 Å². The van der Waals surface area contributed by atoms with Crippen LogP contribution in [-0.4, -0.2) is 93.3 Å². The van der Waals surface area contributed by atoms with Crippen LogP contribution in [0.2, 0.25) is 0 Å². The number of carbonyl (C=O) groups excluding carboxylic acids is 4. The lowest BCUT2D eigenvalue weighted by atomic mass is 9.90. The van der Waals surface area contributed by atoms with Gasteiger partial charge in [-0.3, -0.25) is 34.1 Å². The molecule has 0 saturated carbocycles. The van der Waals surface area contributed by atoms with Gasteiger partial charge in [0, 0.05) is 99.3 Å². The number of nitrogens with zero attached hydrogens (tertiary/aromatic N) is 8. The molecular weight excluding hydrogens is 891 g/mol. The van der Waals surface area contributed by atoms with Gasteiger partial charge in [0.1, 0.15) is 11.7 Å². The predicted molar refractivity (Wildman–Crippen MR) is 251 cm³/mol. The highest BCUT2D eigenvalue weighted by Gasteiger charge is 2.45. The first kappa shape index (κ1) is 43.8. The highest BCUT2D eigenvalue weighted by atomic mass is 32.2. The molecule has 5 aliphatic heterocycles. The van der Waals surface area contributed by atoms with Gasteiger partial charge >= 0.3 is 0 Å². The van der Waals surface area contributed by atoms with Crippen LogP contribution in [0.4, 0.5) is 31.7 Å². The molecule has 5 aliphatic rings. The number of benzene rings is 3. The van der Waals surface area contributed by atoms with Crippen molar-refractivity contribution < 1.29 is 32.2 Å². The van der Waals surface area contributed by atoms with Gasteiger partial charge in [0.2, 0.25) is 11.8 Å². The number of hydrogen-bond acceptors (Lipinski definition) is 10. The van der Waals surface area contributed by atoms with Crippen molar-refractivity contribution in [3.8, 4) is 11.1 Å². The second-order valence-electron chi connectivity index (χ2n) is 18.4. The van der Waals surface area contributed by atoms with Crippen LogP contribution in [0, 0.1) is 6.92 Å². The lowest BCUT2D eigenvalue weighted by Crippen LogP contribution is -2.53.